The highest BCUT2D eigenvalue weighted by Gasteiger charge is 2.14. The van der Waals surface area contributed by atoms with Crippen molar-refractivity contribution < 1.29 is 14.3 Å². The van der Waals surface area contributed by atoms with Gasteiger partial charge in [0, 0.05) is 33.8 Å². The van der Waals surface area contributed by atoms with Gasteiger partial charge in [-0.15, -0.1) is 24.0 Å². The lowest BCUT2D eigenvalue weighted by Gasteiger charge is -2.24. The maximum atomic E-state index is 11.8. The molecule has 1 atom stereocenters. The van der Waals surface area contributed by atoms with Gasteiger partial charge in [-0.2, -0.15) is 0 Å². The van der Waals surface area contributed by atoms with E-state index in [1.807, 2.05) is 30.3 Å². The van der Waals surface area contributed by atoms with Crippen molar-refractivity contribution in [3.63, 3.8) is 0 Å². The van der Waals surface area contributed by atoms with Crippen LogP contribution in [0.25, 0.3) is 0 Å². The van der Waals surface area contributed by atoms with Gasteiger partial charge in [0.1, 0.15) is 12.3 Å². The van der Waals surface area contributed by atoms with Gasteiger partial charge in [-0.25, -0.2) is 4.99 Å². The van der Waals surface area contributed by atoms with Gasteiger partial charge in [0.25, 0.3) is 0 Å². The molecular weight excluding hydrogens is 471 g/mol. The number of guanidine groups is 1. The number of amides is 1. The zero-order valence-electron chi connectivity index (χ0n) is 16.9. The first-order chi connectivity index (χ1) is 13.1. The number of rotatable bonds is 9. The number of hydrogen-bond acceptors (Lipinski definition) is 4. The summed E-state index contributed by atoms with van der Waals surface area (Å²) >= 11 is 0. The first-order valence-corrected chi connectivity index (χ1v) is 9.67. The summed E-state index contributed by atoms with van der Waals surface area (Å²) in [5.74, 6) is 1.48. The predicted molar refractivity (Wildman–Crippen MR) is 123 cm³/mol. The lowest BCUT2D eigenvalue weighted by Crippen LogP contribution is -2.43. The average molecular weight is 504 g/mol. The number of carbonyl (C=O) groups excluding carboxylic acids is 1. The van der Waals surface area contributed by atoms with E-state index in [4.69, 9.17) is 9.47 Å². The van der Waals surface area contributed by atoms with Gasteiger partial charge in [-0.3, -0.25) is 4.79 Å². The monoisotopic (exact) mass is 504 g/mol. The molecule has 28 heavy (non-hydrogen) atoms. The third-order valence-electron chi connectivity index (χ3n) is 4.27. The molecule has 1 aliphatic heterocycles. The molecule has 1 aromatic carbocycles. The summed E-state index contributed by atoms with van der Waals surface area (Å²) in [7, 11) is 3.46. The first kappa shape index (κ1) is 24.5. The van der Waals surface area contributed by atoms with Gasteiger partial charge in [-0.05, 0) is 37.8 Å². The quantitative estimate of drug-likeness (QED) is 0.234. The van der Waals surface area contributed by atoms with Gasteiger partial charge in [0.05, 0.1) is 12.7 Å². The Hall–Kier alpha value is -1.55. The zero-order chi connectivity index (χ0) is 19.3. The molecule has 0 aliphatic carbocycles. The summed E-state index contributed by atoms with van der Waals surface area (Å²) in [5.41, 5.74) is 0. The van der Waals surface area contributed by atoms with Crippen molar-refractivity contribution in [3.8, 4) is 5.75 Å². The van der Waals surface area contributed by atoms with Crippen molar-refractivity contribution in [2.24, 2.45) is 4.99 Å². The number of likely N-dealkylation sites (N-methyl/N-ethyl adjacent to an activating group) is 1. The zero-order valence-corrected chi connectivity index (χ0v) is 19.2. The number of aliphatic imine (C=N–C) groups is 1. The Labute approximate surface area is 185 Å². The van der Waals surface area contributed by atoms with Gasteiger partial charge < -0.3 is 25.0 Å². The van der Waals surface area contributed by atoms with E-state index in [0.717, 1.165) is 31.6 Å². The molecule has 1 aliphatic rings. The number of nitrogens with zero attached hydrogens (tertiary/aromatic N) is 2. The molecule has 0 aromatic heterocycles. The van der Waals surface area contributed by atoms with E-state index in [0.29, 0.717) is 25.7 Å². The Kier molecular flexibility index (Phi) is 12.6. The lowest BCUT2D eigenvalue weighted by atomic mass is 10.1. The Morgan fingerprint density at radius 2 is 2.04 bits per heavy atom. The van der Waals surface area contributed by atoms with Gasteiger partial charge in [0.2, 0.25) is 5.91 Å². The number of carbonyl (C=O) groups is 1. The Morgan fingerprint density at radius 1 is 1.25 bits per heavy atom. The van der Waals surface area contributed by atoms with E-state index < -0.39 is 0 Å². The normalized spacial score (nSPS) is 16.6. The summed E-state index contributed by atoms with van der Waals surface area (Å²) < 4.78 is 11.4. The fourth-order valence-electron chi connectivity index (χ4n) is 2.63. The standard InChI is InChI=1S/C20H32N4O3.HI/c1-24(2)19(25)16-23-20(22-15-18-11-6-7-13-27-18)21-12-8-14-26-17-9-4-3-5-10-17;/h3-5,9-10,18H,6-8,11-16H2,1-2H3,(H2,21,22,23);1H. The van der Waals surface area contributed by atoms with Crippen LogP contribution in [0, 0.1) is 0 Å². The molecule has 1 amide bonds. The van der Waals surface area contributed by atoms with Gasteiger partial charge in [0.15, 0.2) is 5.96 Å². The van der Waals surface area contributed by atoms with Crippen LogP contribution in [-0.4, -0.2) is 69.8 Å². The minimum absolute atomic E-state index is 0. The Morgan fingerprint density at radius 3 is 2.71 bits per heavy atom. The van der Waals surface area contributed by atoms with E-state index in [9.17, 15) is 4.79 Å². The van der Waals surface area contributed by atoms with E-state index >= 15 is 0 Å². The summed E-state index contributed by atoms with van der Waals surface area (Å²) in [6, 6.07) is 9.76. The molecule has 0 bridgehead atoms. The van der Waals surface area contributed by atoms with Crippen LogP contribution in [0.2, 0.25) is 0 Å². The molecular formula is C20H33IN4O3. The smallest absolute Gasteiger partial charge is 0.243 e. The third-order valence-corrected chi connectivity index (χ3v) is 4.27. The Balaban J connectivity index is 0.00000392. The van der Waals surface area contributed by atoms with Crippen LogP contribution >= 0.6 is 24.0 Å². The molecule has 1 aromatic rings. The fraction of sp³-hybridized carbons (Fsp3) is 0.600. The first-order valence-electron chi connectivity index (χ1n) is 9.67. The number of nitrogens with one attached hydrogen (secondary N) is 2. The molecule has 2 rings (SSSR count). The summed E-state index contributed by atoms with van der Waals surface area (Å²) in [5, 5.41) is 6.57. The molecule has 0 radical (unpaired) electrons. The minimum Gasteiger partial charge on any atom is -0.494 e. The van der Waals surface area contributed by atoms with Crippen LogP contribution in [0.1, 0.15) is 25.7 Å². The average Bonchev–Trinajstić information content (AvgIpc) is 2.70. The third kappa shape index (κ3) is 10.1. The van der Waals surface area contributed by atoms with Crippen LogP contribution in [0.3, 0.4) is 0 Å². The van der Waals surface area contributed by atoms with Crippen molar-refractivity contribution in [3.05, 3.63) is 30.3 Å². The van der Waals surface area contributed by atoms with E-state index in [1.54, 1.807) is 19.0 Å². The highest BCUT2D eigenvalue weighted by molar-refractivity contribution is 14.0. The van der Waals surface area contributed by atoms with Crippen molar-refractivity contribution in [1.29, 1.82) is 0 Å². The molecule has 8 heteroatoms. The number of benzene rings is 1. The second kappa shape index (κ2) is 14.4. The van der Waals surface area contributed by atoms with Crippen LogP contribution in [0.15, 0.2) is 35.3 Å². The van der Waals surface area contributed by atoms with Crippen LogP contribution in [0.5, 0.6) is 5.75 Å². The molecule has 0 saturated carbocycles. The SMILES string of the molecule is CN(C)C(=O)CN=C(NCCCOc1ccccc1)NCC1CCCCO1.I. The summed E-state index contributed by atoms with van der Waals surface area (Å²) in [6.45, 7) is 2.96. The van der Waals surface area contributed by atoms with Gasteiger partial charge in [-0.1, -0.05) is 18.2 Å². The second-order valence-electron chi connectivity index (χ2n) is 6.76. The van der Waals surface area contributed by atoms with Crippen molar-refractivity contribution in [1.82, 2.24) is 15.5 Å². The van der Waals surface area contributed by atoms with Crippen LogP contribution in [-0.2, 0) is 9.53 Å². The lowest BCUT2D eigenvalue weighted by molar-refractivity contribution is -0.127. The molecule has 1 fully saturated rings. The molecule has 2 N–H and O–H groups in total. The van der Waals surface area contributed by atoms with Crippen molar-refractivity contribution in [2.45, 2.75) is 31.8 Å². The molecule has 1 heterocycles. The van der Waals surface area contributed by atoms with Crippen LogP contribution in [0.4, 0.5) is 0 Å². The molecule has 1 saturated heterocycles. The predicted octanol–water partition coefficient (Wildman–Crippen LogP) is 2.27. The summed E-state index contributed by atoms with van der Waals surface area (Å²) in [4.78, 5) is 17.7. The van der Waals surface area contributed by atoms with Crippen molar-refractivity contribution in [2.75, 3.05) is 46.9 Å². The summed E-state index contributed by atoms with van der Waals surface area (Å²) in [6.07, 6.45) is 4.42. The molecule has 7 nitrogen and oxygen atoms in total. The number of ether oxygens (including phenoxy) is 2. The topological polar surface area (TPSA) is 75.2 Å². The van der Waals surface area contributed by atoms with Crippen molar-refractivity contribution >= 4 is 35.8 Å². The number of para-hydroxylation sites is 1. The number of hydrogen-bond donors (Lipinski definition) is 2. The van der Waals surface area contributed by atoms with Crippen LogP contribution < -0.4 is 15.4 Å². The Bertz CT molecular complexity index is 578. The van der Waals surface area contributed by atoms with E-state index in [2.05, 4.69) is 15.6 Å². The number of halogens is 1. The maximum absolute atomic E-state index is 11.8. The largest absolute Gasteiger partial charge is 0.494 e. The van der Waals surface area contributed by atoms with E-state index in [-0.39, 0.29) is 42.5 Å². The minimum atomic E-state index is -0.0302. The highest BCUT2D eigenvalue weighted by Crippen LogP contribution is 2.11. The fourth-order valence-corrected chi connectivity index (χ4v) is 2.63. The molecule has 0 spiro atoms. The highest BCUT2D eigenvalue weighted by atomic mass is 127. The molecule has 1 unspecified atom stereocenters. The van der Waals surface area contributed by atoms with Gasteiger partial charge >= 0.3 is 0 Å². The molecule has 158 valence electrons. The van der Waals surface area contributed by atoms with E-state index in [1.165, 1.54) is 6.42 Å². The second-order valence-corrected chi connectivity index (χ2v) is 6.76. The maximum Gasteiger partial charge on any atom is 0.243 e.